The van der Waals surface area contributed by atoms with Crippen LogP contribution in [-0.2, 0) is 0 Å². The van der Waals surface area contributed by atoms with Crippen LogP contribution < -0.4 is 5.32 Å². The summed E-state index contributed by atoms with van der Waals surface area (Å²) in [4.78, 5) is 16.9. The number of thiophene rings is 1. The predicted molar refractivity (Wildman–Crippen MR) is 120 cm³/mol. The number of benzene rings is 1. The summed E-state index contributed by atoms with van der Waals surface area (Å²) >= 11 is 1.77. The van der Waals surface area contributed by atoms with Gasteiger partial charge < -0.3 is 9.73 Å². The Morgan fingerprint density at radius 2 is 1.86 bits per heavy atom. The van der Waals surface area contributed by atoms with Crippen LogP contribution in [0.1, 0.15) is 63.8 Å². The molecule has 1 unspecified atom stereocenters. The molecular formula is C24H30N2O2S. The highest BCUT2D eigenvalue weighted by Crippen LogP contribution is 2.29. The van der Waals surface area contributed by atoms with Crippen molar-refractivity contribution < 1.29 is 9.21 Å². The Morgan fingerprint density at radius 1 is 1.14 bits per heavy atom. The summed E-state index contributed by atoms with van der Waals surface area (Å²) in [5, 5.41) is 6.32. The largest absolute Gasteiger partial charge is 0.451 e. The summed E-state index contributed by atoms with van der Waals surface area (Å²) in [6.45, 7) is 8.93. The van der Waals surface area contributed by atoms with Gasteiger partial charge in [0.25, 0.3) is 5.91 Å². The molecule has 4 rings (SSSR count). The highest BCUT2D eigenvalue weighted by molar-refractivity contribution is 7.10. The number of furan rings is 1. The van der Waals surface area contributed by atoms with Crippen LogP contribution in [0.15, 0.2) is 34.1 Å². The first kappa shape index (κ1) is 20.2. The van der Waals surface area contributed by atoms with Gasteiger partial charge in [-0.25, -0.2) is 0 Å². The van der Waals surface area contributed by atoms with Crippen molar-refractivity contribution in [2.75, 3.05) is 19.6 Å². The van der Waals surface area contributed by atoms with E-state index in [2.05, 4.69) is 47.6 Å². The first-order valence-corrected chi connectivity index (χ1v) is 11.5. The van der Waals surface area contributed by atoms with Gasteiger partial charge in [0.15, 0.2) is 5.76 Å². The number of carbonyl (C=O) groups excluding carboxylic acids is 1. The second-order valence-corrected chi connectivity index (χ2v) is 9.16. The van der Waals surface area contributed by atoms with Crippen LogP contribution in [0.5, 0.6) is 0 Å². The summed E-state index contributed by atoms with van der Waals surface area (Å²) < 4.78 is 5.96. The van der Waals surface area contributed by atoms with Crippen molar-refractivity contribution in [3.8, 4) is 0 Å². The summed E-state index contributed by atoms with van der Waals surface area (Å²) in [5.74, 6) is 0.316. The van der Waals surface area contributed by atoms with E-state index in [1.807, 2.05) is 13.0 Å². The maximum atomic E-state index is 13.0. The Bertz CT molecular complexity index is 982. The molecule has 4 nitrogen and oxygen atoms in total. The minimum absolute atomic E-state index is 0.120. The zero-order valence-corrected chi connectivity index (χ0v) is 18.4. The molecule has 154 valence electrons. The number of nitrogens with zero attached hydrogens (tertiary/aromatic N) is 1. The lowest BCUT2D eigenvalue weighted by molar-refractivity contribution is 0.0907. The fourth-order valence-corrected chi connectivity index (χ4v) is 5.12. The van der Waals surface area contributed by atoms with E-state index >= 15 is 0 Å². The number of fused-ring (bicyclic) bond motifs is 1. The first-order chi connectivity index (χ1) is 14.0. The Balaban J connectivity index is 1.53. The van der Waals surface area contributed by atoms with E-state index < -0.39 is 0 Å². The van der Waals surface area contributed by atoms with Crippen LogP contribution >= 0.6 is 11.3 Å². The Morgan fingerprint density at radius 3 is 2.55 bits per heavy atom. The zero-order valence-electron chi connectivity index (χ0n) is 17.6. The van der Waals surface area contributed by atoms with E-state index in [9.17, 15) is 4.79 Å². The van der Waals surface area contributed by atoms with Gasteiger partial charge in [0.2, 0.25) is 0 Å². The van der Waals surface area contributed by atoms with Gasteiger partial charge in [0, 0.05) is 22.4 Å². The van der Waals surface area contributed by atoms with Crippen LogP contribution in [-0.4, -0.2) is 30.4 Å². The lowest BCUT2D eigenvalue weighted by Crippen LogP contribution is -2.38. The topological polar surface area (TPSA) is 45.5 Å². The van der Waals surface area contributed by atoms with E-state index in [4.69, 9.17) is 4.42 Å². The molecule has 0 bridgehead atoms. The fraction of sp³-hybridized carbons (Fsp3) is 0.458. The van der Waals surface area contributed by atoms with E-state index in [-0.39, 0.29) is 11.9 Å². The van der Waals surface area contributed by atoms with E-state index in [1.54, 1.807) is 11.3 Å². The lowest BCUT2D eigenvalue weighted by atomic mass is 10.0. The van der Waals surface area contributed by atoms with Crippen LogP contribution in [0, 0.1) is 20.8 Å². The van der Waals surface area contributed by atoms with Gasteiger partial charge in [0.05, 0.1) is 6.04 Å². The first-order valence-electron chi connectivity index (χ1n) is 10.6. The van der Waals surface area contributed by atoms with Crippen molar-refractivity contribution in [1.29, 1.82) is 0 Å². The van der Waals surface area contributed by atoms with Gasteiger partial charge in [-0.05, 0) is 81.4 Å². The molecule has 5 heteroatoms. The van der Waals surface area contributed by atoms with Gasteiger partial charge >= 0.3 is 0 Å². The third-order valence-corrected chi connectivity index (χ3v) is 7.14. The van der Waals surface area contributed by atoms with Crippen molar-refractivity contribution >= 4 is 28.2 Å². The third kappa shape index (κ3) is 4.26. The highest BCUT2D eigenvalue weighted by Gasteiger charge is 2.25. The molecule has 1 N–H and O–H groups in total. The number of rotatable bonds is 5. The molecule has 3 heterocycles. The number of amides is 1. The second kappa shape index (κ2) is 8.72. The molecule has 1 aromatic carbocycles. The van der Waals surface area contributed by atoms with E-state index in [1.165, 1.54) is 41.7 Å². The summed E-state index contributed by atoms with van der Waals surface area (Å²) in [6.07, 6.45) is 5.07. The van der Waals surface area contributed by atoms with E-state index in [0.29, 0.717) is 12.3 Å². The average Bonchev–Trinajstić information content (AvgIpc) is 3.24. The normalized spacial score (nSPS) is 16.7. The molecule has 1 fully saturated rings. The number of nitrogens with one attached hydrogen (secondary N) is 1. The van der Waals surface area contributed by atoms with Gasteiger partial charge in [0.1, 0.15) is 5.58 Å². The number of aryl methyl sites for hydroxylation is 3. The standard InChI is InChI=1S/C24H30N2O2S/c1-16-13-19-18(3)23(28-21(19)14-17(16)2)24(27)25-15-20(22-9-8-12-29-22)26-10-6-4-5-7-11-26/h8-9,12-14,20H,4-7,10-11,15H2,1-3H3,(H,25,27). The predicted octanol–water partition coefficient (Wildman–Crippen LogP) is 5.77. The Hall–Kier alpha value is -2.11. The van der Waals surface area contributed by atoms with Crippen LogP contribution in [0.2, 0.25) is 0 Å². The van der Waals surface area contributed by atoms with E-state index in [0.717, 1.165) is 29.6 Å². The molecule has 1 amide bonds. The van der Waals surface area contributed by atoms with Crippen molar-refractivity contribution in [2.24, 2.45) is 0 Å². The smallest absolute Gasteiger partial charge is 0.287 e. The Kier molecular flexibility index (Phi) is 6.07. The SMILES string of the molecule is Cc1cc2oc(C(=O)NCC(c3cccs3)N3CCCCCC3)c(C)c2cc1C. The molecule has 2 aromatic heterocycles. The Labute approximate surface area is 176 Å². The van der Waals surface area contributed by atoms with Crippen LogP contribution in [0.25, 0.3) is 11.0 Å². The highest BCUT2D eigenvalue weighted by atomic mass is 32.1. The summed E-state index contributed by atoms with van der Waals surface area (Å²) in [7, 11) is 0. The quantitative estimate of drug-likeness (QED) is 0.581. The van der Waals surface area contributed by atoms with Crippen LogP contribution in [0.3, 0.4) is 0 Å². The summed E-state index contributed by atoms with van der Waals surface area (Å²) in [6, 6.07) is 8.66. The second-order valence-electron chi connectivity index (χ2n) is 8.18. The van der Waals surface area contributed by atoms with Gasteiger partial charge in [-0.15, -0.1) is 11.3 Å². The van der Waals surface area contributed by atoms with Crippen LogP contribution in [0.4, 0.5) is 0 Å². The minimum Gasteiger partial charge on any atom is -0.451 e. The molecule has 1 saturated heterocycles. The van der Waals surface area contributed by atoms with Crippen molar-refractivity contribution in [3.63, 3.8) is 0 Å². The molecule has 0 saturated carbocycles. The number of likely N-dealkylation sites (tertiary alicyclic amines) is 1. The monoisotopic (exact) mass is 410 g/mol. The molecule has 0 spiro atoms. The minimum atomic E-state index is -0.120. The maximum Gasteiger partial charge on any atom is 0.287 e. The zero-order chi connectivity index (χ0) is 20.4. The molecule has 29 heavy (non-hydrogen) atoms. The third-order valence-electron chi connectivity index (χ3n) is 6.17. The van der Waals surface area contributed by atoms with Gasteiger partial charge in [-0.2, -0.15) is 0 Å². The molecular weight excluding hydrogens is 380 g/mol. The average molecular weight is 411 g/mol. The number of hydrogen-bond acceptors (Lipinski definition) is 4. The van der Waals surface area contributed by atoms with Crippen molar-refractivity contribution in [2.45, 2.75) is 52.5 Å². The van der Waals surface area contributed by atoms with Crippen molar-refractivity contribution in [3.05, 3.63) is 57.0 Å². The number of hydrogen-bond donors (Lipinski definition) is 1. The maximum absolute atomic E-state index is 13.0. The van der Waals surface area contributed by atoms with Gasteiger partial charge in [-0.3, -0.25) is 9.69 Å². The molecule has 1 atom stereocenters. The molecule has 3 aromatic rings. The lowest BCUT2D eigenvalue weighted by Gasteiger charge is -2.30. The molecule has 0 aliphatic carbocycles. The van der Waals surface area contributed by atoms with Crippen molar-refractivity contribution in [1.82, 2.24) is 10.2 Å². The fourth-order valence-electron chi connectivity index (χ4n) is 4.26. The molecule has 1 aliphatic rings. The van der Waals surface area contributed by atoms with Gasteiger partial charge in [-0.1, -0.05) is 18.9 Å². The summed E-state index contributed by atoms with van der Waals surface area (Å²) in [5.41, 5.74) is 4.10. The number of carbonyl (C=O) groups is 1. The molecule has 0 radical (unpaired) electrons. The molecule has 1 aliphatic heterocycles.